The Balaban J connectivity index is 1.67. The van der Waals surface area contributed by atoms with E-state index in [9.17, 15) is 8.42 Å². The maximum Gasteiger partial charge on any atom is 0.238 e. The van der Waals surface area contributed by atoms with Crippen molar-refractivity contribution in [3.63, 3.8) is 0 Å². The lowest BCUT2D eigenvalue weighted by Crippen LogP contribution is -2.49. The number of piperidine rings is 1. The maximum atomic E-state index is 11.5. The lowest BCUT2D eigenvalue weighted by Gasteiger charge is -2.38. The molecular weight excluding hydrogens is 433 g/mol. The van der Waals surface area contributed by atoms with Crippen LogP contribution in [0.3, 0.4) is 0 Å². The zero-order valence-corrected chi connectivity index (χ0v) is 18.1. The number of rotatable bonds is 4. The summed E-state index contributed by atoms with van der Waals surface area (Å²) < 4.78 is 29.4. The summed E-state index contributed by atoms with van der Waals surface area (Å²) in [6, 6.07) is 9.98. The first-order chi connectivity index (χ1) is 13.7. The van der Waals surface area contributed by atoms with Crippen LogP contribution in [0.5, 0.6) is 5.75 Å². The highest BCUT2D eigenvalue weighted by atomic mass is 35.5. The van der Waals surface area contributed by atoms with Gasteiger partial charge in [-0.2, -0.15) is 0 Å². The van der Waals surface area contributed by atoms with Crippen LogP contribution in [0.4, 0.5) is 0 Å². The Morgan fingerprint density at radius 2 is 1.86 bits per heavy atom. The predicted molar refractivity (Wildman–Crippen MR) is 114 cm³/mol. The molecule has 0 saturated carbocycles. The second-order valence-electron chi connectivity index (χ2n) is 7.68. The van der Waals surface area contributed by atoms with Crippen LogP contribution in [-0.4, -0.2) is 38.5 Å². The number of sulfonamides is 1. The number of fused-ring (bicyclic) bond motifs is 1. The summed E-state index contributed by atoms with van der Waals surface area (Å²) in [6.07, 6.45) is 2.52. The van der Waals surface area contributed by atoms with Gasteiger partial charge in [-0.1, -0.05) is 23.2 Å². The van der Waals surface area contributed by atoms with E-state index >= 15 is 0 Å². The quantitative estimate of drug-likeness (QED) is 0.737. The molecule has 0 amide bonds. The van der Waals surface area contributed by atoms with Gasteiger partial charge < -0.3 is 10.5 Å². The number of benzene rings is 2. The van der Waals surface area contributed by atoms with Crippen LogP contribution in [0.15, 0.2) is 41.3 Å². The van der Waals surface area contributed by atoms with E-state index in [0.717, 1.165) is 43.5 Å². The largest absolute Gasteiger partial charge is 0.484 e. The van der Waals surface area contributed by atoms with Crippen molar-refractivity contribution in [3.8, 4) is 5.75 Å². The second kappa shape index (κ2) is 8.06. The highest BCUT2D eigenvalue weighted by Crippen LogP contribution is 2.43. The maximum absolute atomic E-state index is 11.5. The highest BCUT2D eigenvalue weighted by molar-refractivity contribution is 7.89. The second-order valence-corrected chi connectivity index (χ2v) is 10.1. The van der Waals surface area contributed by atoms with E-state index in [-0.39, 0.29) is 23.1 Å². The molecular formula is C20H23Cl2N3O3S. The summed E-state index contributed by atoms with van der Waals surface area (Å²) in [4.78, 5) is 2.41. The fraction of sp³-hybridized carbons (Fsp3) is 0.400. The van der Waals surface area contributed by atoms with Crippen molar-refractivity contribution < 1.29 is 13.2 Å². The average molecular weight is 456 g/mol. The third-order valence-corrected chi connectivity index (χ3v) is 7.12. The van der Waals surface area contributed by atoms with Crippen molar-refractivity contribution >= 4 is 33.2 Å². The molecule has 4 N–H and O–H groups in total. The van der Waals surface area contributed by atoms with Gasteiger partial charge in [-0.05, 0) is 67.8 Å². The molecule has 0 bridgehead atoms. The van der Waals surface area contributed by atoms with Gasteiger partial charge in [0.15, 0.2) is 0 Å². The molecule has 2 aliphatic rings. The molecule has 2 aromatic rings. The SMILES string of the molecule is N[C@@H]1CCCN([C@H]2Cc3c(Cl)cc(Cl)cc3[C@@H]2Oc2ccc(S(N)(=O)=O)cc2)C1. The van der Waals surface area contributed by atoms with Crippen LogP contribution in [0, 0.1) is 0 Å². The first-order valence-electron chi connectivity index (χ1n) is 9.49. The molecule has 0 aromatic heterocycles. The standard InChI is InChI=1S/C20H23Cl2N3O3S/c21-12-8-17-16(18(22)9-12)10-19(25-7-1-2-13(23)11-25)20(17)28-14-3-5-15(6-4-14)29(24,26)27/h3-6,8-9,13,19-20H,1-2,7,10-11,23H2,(H2,24,26,27)/t13-,19+,20+/m1/s1. The Bertz CT molecular complexity index is 1010. The molecule has 1 heterocycles. The van der Waals surface area contributed by atoms with Crippen molar-refractivity contribution in [1.29, 1.82) is 0 Å². The zero-order chi connectivity index (χ0) is 20.8. The van der Waals surface area contributed by atoms with E-state index in [1.807, 2.05) is 6.07 Å². The van der Waals surface area contributed by atoms with Gasteiger partial charge in [0.25, 0.3) is 0 Å². The van der Waals surface area contributed by atoms with Crippen LogP contribution in [0.1, 0.15) is 30.1 Å². The average Bonchev–Trinajstić information content (AvgIpc) is 3.00. The van der Waals surface area contributed by atoms with Crippen molar-refractivity contribution in [2.75, 3.05) is 13.1 Å². The van der Waals surface area contributed by atoms with Crippen molar-refractivity contribution in [2.24, 2.45) is 10.9 Å². The topological polar surface area (TPSA) is 98.6 Å². The molecule has 1 aliphatic heterocycles. The number of hydrogen-bond acceptors (Lipinski definition) is 5. The van der Waals surface area contributed by atoms with Crippen molar-refractivity contribution in [1.82, 2.24) is 4.90 Å². The Morgan fingerprint density at radius 3 is 2.52 bits per heavy atom. The molecule has 9 heteroatoms. The lowest BCUT2D eigenvalue weighted by atomic mass is 10.0. The molecule has 0 unspecified atom stereocenters. The number of primary sulfonamides is 1. The molecule has 4 rings (SSSR count). The Morgan fingerprint density at radius 1 is 1.14 bits per heavy atom. The van der Waals surface area contributed by atoms with Gasteiger partial charge >= 0.3 is 0 Å². The number of halogens is 2. The fourth-order valence-electron chi connectivity index (χ4n) is 4.27. The number of hydrogen-bond donors (Lipinski definition) is 2. The van der Waals surface area contributed by atoms with E-state index in [4.69, 9.17) is 38.8 Å². The van der Waals surface area contributed by atoms with E-state index in [1.54, 1.807) is 18.2 Å². The molecule has 156 valence electrons. The van der Waals surface area contributed by atoms with Gasteiger partial charge in [-0.25, -0.2) is 13.6 Å². The van der Waals surface area contributed by atoms with E-state index in [1.165, 1.54) is 12.1 Å². The third kappa shape index (κ3) is 4.40. The predicted octanol–water partition coefficient (Wildman–Crippen LogP) is 3.11. The van der Waals surface area contributed by atoms with Gasteiger partial charge in [-0.3, -0.25) is 4.90 Å². The van der Waals surface area contributed by atoms with E-state index in [2.05, 4.69) is 4.90 Å². The molecule has 3 atom stereocenters. The molecule has 6 nitrogen and oxygen atoms in total. The Kier molecular flexibility index (Phi) is 5.81. The van der Waals surface area contributed by atoms with Crippen LogP contribution in [0.25, 0.3) is 0 Å². The first-order valence-corrected chi connectivity index (χ1v) is 11.8. The van der Waals surface area contributed by atoms with Gasteiger partial charge in [-0.15, -0.1) is 0 Å². The number of ether oxygens (including phenoxy) is 1. The van der Waals surface area contributed by atoms with Crippen LogP contribution >= 0.6 is 23.2 Å². The minimum Gasteiger partial charge on any atom is -0.484 e. The molecule has 0 radical (unpaired) electrons. The van der Waals surface area contributed by atoms with Gasteiger partial charge in [0.2, 0.25) is 10.0 Å². The molecule has 1 saturated heterocycles. The monoisotopic (exact) mass is 455 g/mol. The molecule has 2 aromatic carbocycles. The highest BCUT2D eigenvalue weighted by Gasteiger charge is 2.40. The summed E-state index contributed by atoms with van der Waals surface area (Å²) in [5.74, 6) is 0.553. The number of nitrogens with zero attached hydrogens (tertiary/aromatic N) is 1. The van der Waals surface area contributed by atoms with Gasteiger partial charge in [0.1, 0.15) is 11.9 Å². The molecule has 29 heavy (non-hydrogen) atoms. The third-order valence-electron chi connectivity index (χ3n) is 5.64. The molecule has 0 spiro atoms. The zero-order valence-electron chi connectivity index (χ0n) is 15.7. The molecule has 1 fully saturated rings. The van der Waals surface area contributed by atoms with E-state index in [0.29, 0.717) is 15.8 Å². The van der Waals surface area contributed by atoms with Gasteiger partial charge in [0.05, 0.1) is 10.9 Å². The Labute approximate surface area is 180 Å². The van der Waals surface area contributed by atoms with Gasteiger partial charge in [0, 0.05) is 28.2 Å². The summed E-state index contributed by atoms with van der Waals surface area (Å²) in [7, 11) is -3.75. The summed E-state index contributed by atoms with van der Waals surface area (Å²) in [5.41, 5.74) is 8.20. The molecule has 1 aliphatic carbocycles. The summed E-state index contributed by atoms with van der Waals surface area (Å²) >= 11 is 12.8. The minimum atomic E-state index is -3.75. The lowest BCUT2D eigenvalue weighted by molar-refractivity contribution is 0.0593. The smallest absolute Gasteiger partial charge is 0.238 e. The summed E-state index contributed by atoms with van der Waals surface area (Å²) in [6.45, 7) is 1.75. The first kappa shape index (κ1) is 20.9. The van der Waals surface area contributed by atoms with Crippen LogP contribution in [-0.2, 0) is 16.4 Å². The van der Waals surface area contributed by atoms with Crippen molar-refractivity contribution in [2.45, 2.75) is 42.3 Å². The normalized spacial score (nSPS) is 25.0. The fourth-order valence-corrected chi connectivity index (χ4v) is 5.38. The van der Waals surface area contributed by atoms with Crippen molar-refractivity contribution in [3.05, 3.63) is 57.6 Å². The number of nitrogens with two attached hydrogens (primary N) is 2. The number of likely N-dealkylation sites (tertiary alicyclic amines) is 1. The minimum absolute atomic E-state index is 0.0429. The summed E-state index contributed by atoms with van der Waals surface area (Å²) in [5, 5.41) is 6.38. The van der Waals surface area contributed by atoms with Crippen LogP contribution in [0.2, 0.25) is 10.0 Å². The van der Waals surface area contributed by atoms with E-state index < -0.39 is 10.0 Å². The Hall–Kier alpha value is -1.35. The van der Waals surface area contributed by atoms with Crippen LogP contribution < -0.4 is 15.6 Å².